The first kappa shape index (κ1) is 8.93. The molecule has 1 rings (SSSR count). The third-order valence-electron chi connectivity index (χ3n) is 1.68. The standard InChI is InChI=1S/C8H12N2O2/c1-3-7(11)8(12)6-4-9-10(2)5-6/h4-5,7,11H,3H2,1-2H3. The van der Waals surface area contributed by atoms with E-state index in [4.69, 9.17) is 0 Å². The molecule has 1 N–H and O–H groups in total. The Hall–Kier alpha value is -1.16. The molecule has 4 heteroatoms. The van der Waals surface area contributed by atoms with Crippen LogP contribution in [-0.4, -0.2) is 26.8 Å². The Bertz CT molecular complexity index is 280. The van der Waals surface area contributed by atoms with Gasteiger partial charge in [-0.15, -0.1) is 0 Å². The van der Waals surface area contributed by atoms with Gasteiger partial charge in [-0.05, 0) is 6.42 Å². The highest BCUT2D eigenvalue weighted by Crippen LogP contribution is 2.03. The zero-order valence-corrected chi connectivity index (χ0v) is 7.19. The van der Waals surface area contributed by atoms with Crippen LogP contribution in [0.25, 0.3) is 0 Å². The second kappa shape index (κ2) is 3.49. The van der Waals surface area contributed by atoms with Gasteiger partial charge >= 0.3 is 0 Å². The first-order valence-corrected chi connectivity index (χ1v) is 3.86. The number of aliphatic hydroxyl groups excluding tert-OH is 1. The Morgan fingerprint density at radius 1 is 1.83 bits per heavy atom. The fraction of sp³-hybridized carbons (Fsp3) is 0.500. The van der Waals surface area contributed by atoms with Crippen molar-refractivity contribution in [2.45, 2.75) is 19.4 Å². The zero-order valence-electron chi connectivity index (χ0n) is 7.19. The Balaban J connectivity index is 2.78. The molecule has 0 spiro atoms. The van der Waals surface area contributed by atoms with Crippen LogP contribution >= 0.6 is 0 Å². The van der Waals surface area contributed by atoms with Gasteiger partial charge in [0.2, 0.25) is 0 Å². The lowest BCUT2D eigenvalue weighted by Crippen LogP contribution is -2.18. The number of aromatic nitrogens is 2. The van der Waals surface area contributed by atoms with Crippen LogP contribution in [0.4, 0.5) is 0 Å². The number of rotatable bonds is 3. The van der Waals surface area contributed by atoms with E-state index >= 15 is 0 Å². The van der Waals surface area contributed by atoms with E-state index in [1.807, 2.05) is 0 Å². The van der Waals surface area contributed by atoms with Crippen molar-refractivity contribution in [1.82, 2.24) is 9.78 Å². The monoisotopic (exact) mass is 168 g/mol. The van der Waals surface area contributed by atoms with Crippen LogP contribution in [0.3, 0.4) is 0 Å². The molecule has 4 nitrogen and oxygen atoms in total. The number of hydrogen-bond acceptors (Lipinski definition) is 3. The minimum atomic E-state index is -0.894. The molecule has 0 saturated carbocycles. The van der Waals surface area contributed by atoms with Gasteiger partial charge in [-0.3, -0.25) is 9.48 Å². The Kier molecular flexibility index (Phi) is 2.60. The van der Waals surface area contributed by atoms with E-state index in [9.17, 15) is 9.90 Å². The summed E-state index contributed by atoms with van der Waals surface area (Å²) in [5, 5.41) is 13.0. The molecule has 0 aliphatic heterocycles. The van der Waals surface area contributed by atoms with E-state index in [1.165, 1.54) is 10.9 Å². The molecule has 1 aromatic rings. The van der Waals surface area contributed by atoms with E-state index in [0.29, 0.717) is 12.0 Å². The number of Topliss-reactive ketones (excluding diaryl/α,β-unsaturated/α-hetero) is 1. The van der Waals surface area contributed by atoms with Crippen LogP contribution in [0.1, 0.15) is 23.7 Å². The van der Waals surface area contributed by atoms with Crippen LogP contribution in [-0.2, 0) is 7.05 Å². The lowest BCUT2D eigenvalue weighted by Gasteiger charge is -2.02. The molecule has 1 heterocycles. The number of carbonyl (C=O) groups is 1. The van der Waals surface area contributed by atoms with Gasteiger partial charge < -0.3 is 5.11 Å². The van der Waals surface area contributed by atoms with E-state index in [1.54, 1.807) is 20.2 Å². The van der Waals surface area contributed by atoms with E-state index < -0.39 is 6.10 Å². The molecular weight excluding hydrogens is 156 g/mol. The second-order valence-electron chi connectivity index (χ2n) is 2.69. The van der Waals surface area contributed by atoms with Crippen molar-refractivity contribution >= 4 is 5.78 Å². The average molecular weight is 168 g/mol. The number of aryl methyl sites for hydroxylation is 1. The third-order valence-corrected chi connectivity index (χ3v) is 1.68. The maximum absolute atomic E-state index is 11.3. The summed E-state index contributed by atoms with van der Waals surface area (Å²) < 4.78 is 1.54. The minimum Gasteiger partial charge on any atom is -0.385 e. The number of nitrogens with zero attached hydrogens (tertiary/aromatic N) is 2. The van der Waals surface area contributed by atoms with Gasteiger partial charge in [-0.25, -0.2) is 0 Å². The molecule has 1 aromatic heterocycles. The summed E-state index contributed by atoms with van der Waals surface area (Å²) in [7, 11) is 1.73. The molecule has 0 aliphatic carbocycles. The van der Waals surface area contributed by atoms with Crippen molar-refractivity contribution < 1.29 is 9.90 Å². The predicted molar refractivity (Wildman–Crippen MR) is 43.8 cm³/mol. The molecule has 0 radical (unpaired) electrons. The minimum absolute atomic E-state index is 0.259. The van der Waals surface area contributed by atoms with Gasteiger partial charge in [-0.2, -0.15) is 5.10 Å². The topological polar surface area (TPSA) is 55.1 Å². The lowest BCUT2D eigenvalue weighted by atomic mass is 10.1. The van der Waals surface area contributed by atoms with Crippen LogP contribution in [0, 0.1) is 0 Å². The molecule has 12 heavy (non-hydrogen) atoms. The first-order chi connectivity index (χ1) is 5.65. The molecule has 0 fully saturated rings. The van der Waals surface area contributed by atoms with Crippen molar-refractivity contribution in [3.05, 3.63) is 18.0 Å². The van der Waals surface area contributed by atoms with Crippen molar-refractivity contribution in [2.24, 2.45) is 7.05 Å². The van der Waals surface area contributed by atoms with Crippen LogP contribution in [0.5, 0.6) is 0 Å². The normalized spacial score (nSPS) is 12.9. The Morgan fingerprint density at radius 2 is 2.50 bits per heavy atom. The number of hydrogen-bond donors (Lipinski definition) is 1. The smallest absolute Gasteiger partial charge is 0.194 e. The van der Waals surface area contributed by atoms with Gasteiger partial charge in [0.1, 0.15) is 6.10 Å². The summed E-state index contributed by atoms with van der Waals surface area (Å²) in [6.07, 6.45) is 2.60. The highest BCUT2D eigenvalue weighted by molar-refractivity contribution is 5.98. The molecule has 0 amide bonds. The van der Waals surface area contributed by atoms with Gasteiger partial charge in [0, 0.05) is 13.2 Å². The molecule has 0 bridgehead atoms. The van der Waals surface area contributed by atoms with E-state index in [2.05, 4.69) is 5.10 Å². The Labute approximate surface area is 70.8 Å². The summed E-state index contributed by atoms with van der Waals surface area (Å²) in [6.45, 7) is 1.76. The quantitative estimate of drug-likeness (QED) is 0.663. The van der Waals surface area contributed by atoms with Crippen LogP contribution in [0.2, 0.25) is 0 Å². The second-order valence-corrected chi connectivity index (χ2v) is 2.69. The summed E-state index contributed by atoms with van der Waals surface area (Å²) in [5.41, 5.74) is 0.465. The summed E-state index contributed by atoms with van der Waals surface area (Å²) in [5.74, 6) is -0.259. The number of ketones is 1. The number of carbonyl (C=O) groups excluding carboxylic acids is 1. The van der Waals surface area contributed by atoms with Gasteiger partial charge in [0.15, 0.2) is 5.78 Å². The summed E-state index contributed by atoms with van der Waals surface area (Å²) in [6, 6.07) is 0. The SMILES string of the molecule is CCC(O)C(=O)c1cnn(C)c1. The van der Waals surface area contributed by atoms with E-state index in [0.717, 1.165) is 0 Å². The largest absolute Gasteiger partial charge is 0.385 e. The summed E-state index contributed by atoms with van der Waals surface area (Å²) in [4.78, 5) is 11.3. The molecule has 0 aromatic carbocycles. The lowest BCUT2D eigenvalue weighted by molar-refractivity contribution is 0.0740. The molecule has 0 aliphatic rings. The molecule has 1 unspecified atom stereocenters. The van der Waals surface area contributed by atoms with E-state index in [-0.39, 0.29) is 5.78 Å². The highest BCUT2D eigenvalue weighted by Gasteiger charge is 2.15. The molecule has 66 valence electrons. The van der Waals surface area contributed by atoms with Gasteiger partial charge in [-0.1, -0.05) is 6.92 Å². The van der Waals surface area contributed by atoms with Crippen molar-refractivity contribution in [3.63, 3.8) is 0 Å². The molecule has 1 atom stereocenters. The van der Waals surface area contributed by atoms with Crippen molar-refractivity contribution in [2.75, 3.05) is 0 Å². The average Bonchev–Trinajstić information content (AvgIpc) is 2.49. The van der Waals surface area contributed by atoms with Crippen molar-refractivity contribution in [3.8, 4) is 0 Å². The first-order valence-electron chi connectivity index (χ1n) is 3.86. The highest BCUT2D eigenvalue weighted by atomic mass is 16.3. The van der Waals surface area contributed by atoms with Crippen LogP contribution < -0.4 is 0 Å². The Morgan fingerprint density at radius 3 is 2.92 bits per heavy atom. The number of aliphatic hydroxyl groups is 1. The maximum Gasteiger partial charge on any atom is 0.194 e. The molecule has 0 saturated heterocycles. The van der Waals surface area contributed by atoms with Gasteiger partial charge in [0.25, 0.3) is 0 Å². The fourth-order valence-electron chi connectivity index (χ4n) is 0.926. The maximum atomic E-state index is 11.3. The molecular formula is C8H12N2O2. The summed E-state index contributed by atoms with van der Waals surface area (Å²) >= 11 is 0. The predicted octanol–water partition coefficient (Wildman–Crippen LogP) is 0.374. The van der Waals surface area contributed by atoms with Crippen LogP contribution in [0.15, 0.2) is 12.4 Å². The fourth-order valence-corrected chi connectivity index (χ4v) is 0.926. The van der Waals surface area contributed by atoms with Gasteiger partial charge in [0.05, 0.1) is 11.8 Å². The van der Waals surface area contributed by atoms with Crippen molar-refractivity contribution in [1.29, 1.82) is 0 Å². The third kappa shape index (κ3) is 1.71. The zero-order chi connectivity index (χ0) is 9.14.